The Labute approximate surface area is 85.3 Å². The van der Waals surface area contributed by atoms with Gasteiger partial charge in [-0.2, -0.15) is 0 Å². The van der Waals surface area contributed by atoms with Crippen LogP contribution in [0.15, 0.2) is 40.9 Å². The lowest BCUT2D eigenvalue weighted by atomic mass is 10.3. The van der Waals surface area contributed by atoms with E-state index in [2.05, 4.69) is 15.9 Å². The van der Waals surface area contributed by atoms with Crippen molar-refractivity contribution in [1.82, 2.24) is 0 Å². The van der Waals surface area contributed by atoms with Crippen LogP contribution in [0.4, 0.5) is 0 Å². The van der Waals surface area contributed by atoms with Gasteiger partial charge in [-0.05, 0) is 35.0 Å². The van der Waals surface area contributed by atoms with Crippen LogP contribution in [0.5, 0.6) is 5.75 Å². The smallest absolute Gasteiger partial charge is 0.335 e. The molecule has 2 nitrogen and oxygen atoms in total. The fourth-order valence-corrected chi connectivity index (χ4v) is 1.17. The lowest BCUT2D eigenvalue weighted by Gasteiger charge is -2.02. The highest BCUT2D eigenvalue weighted by Gasteiger charge is 2.02. The van der Waals surface area contributed by atoms with E-state index in [9.17, 15) is 4.79 Å². The van der Waals surface area contributed by atoms with E-state index in [1.807, 2.05) is 18.2 Å². The molecular formula is C10H9BrO2. The molecule has 0 heterocycles. The zero-order chi connectivity index (χ0) is 9.68. The molecule has 1 rings (SSSR count). The van der Waals surface area contributed by atoms with Crippen molar-refractivity contribution in [1.29, 1.82) is 0 Å². The van der Waals surface area contributed by atoms with Gasteiger partial charge in [0.25, 0.3) is 0 Å². The van der Waals surface area contributed by atoms with E-state index in [1.54, 1.807) is 19.1 Å². The molecule has 0 N–H and O–H groups in total. The van der Waals surface area contributed by atoms with Gasteiger partial charge in [0.05, 0.1) is 4.47 Å². The van der Waals surface area contributed by atoms with E-state index in [0.717, 1.165) is 4.47 Å². The molecule has 0 amide bonds. The summed E-state index contributed by atoms with van der Waals surface area (Å²) in [6, 6.07) is 7.21. The number of halogens is 1. The molecule has 0 saturated carbocycles. The molecule has 13 heavy (non-hydrogen) atoms. The molecule has 0 spiro atoms. The Morgan fingerprint density at radius 3 is 2.77 bits per heavy atom. The SMILES string of the molecule is C/C=C\C(=O)Oc1ccccc1Br. The maximum Gasteiger partial charge on any atom is 0.335 e. The summed E-state index contributed by atoms with van der Waals surface area (Å²) in [5.74, 6) is 0.167. The van der Waals surface area contributed by atoms with Gasteiger partial charge in [-0.25, -0.2) is 4.79 Å². The highest BCUT2D eigenvalue weighted by atomic mass is 79.9. The Morgan fingerprint density at radius 1 is 1.46 bits per heavy atom. The van der Waals surface area contributed by atoms with Crippen LogP contribution in [0.2, 0.25) is 0 Å². The number of allylic oxidation sites excluding steroid dienone is 1. The summed E-state index contributed by atoms with van der Waals surface area (Å²) in [4.78, 5) is 11.0. The van der Waals surface area contributed by atoms with Crippen molar-refractivity contribution in [3.63, 3.8) is 0 Å². The molecule has 0 unspecified atom stereocenters. The van der Waals surface area contributed by atoms with Gasteiger partial charge >= 0.3 is 5.97 Å². The number of ether oxygens (including phenoxy) is 1. The van der Waals surface area contributed by atoms with Gasteiger partial charge < -0.3 is 4.74 Å². The van der Waals surface area contributed by atoms with Crippen LogP contribution in [-0.4, -0.2) is 5.97 Å². The summed E-state index contributed by atoms with van der Waals surface area (Å²) in [5.41, 5.74) is 0. The number of carbonyl (C=O) groups is 1. The molecule has 0 aliphatic rings. The first-order valence-corrected chi connectivity index (χ1v) is 4.62. The molecule has 3 heteroatoms. The van der Waals surface area contributed by atoms with Crippen molar-refractivity contribution >= 4 is 21.9 Å². The fourth-order valence-electron chi connectivity index (χ4n) is 0.806. The molecule has 0 aromatic heterocycles. The maximum absolute atomic E-state index is 11.0. The van der Waals surface area contributed by atoms with Crippen molar-refractivity contribution in [2.45, 2.75) is 6.92 Å². The van der Waals surface area contributed by atoms with Gasteiger partial charge in [0.15, 0.2) is 0 Å². The minimum atomic E-state index is -0.366. The number of benzene rings is 1. The quantitative estimate of drug-likeness (QED) is 0.452. The first-order valence-electron chi connectivity index (χ1n) is 3.83. The second-order valence-electron chi connectivity index (χ2n) is 2.35. The Bertz CT molecular complexity index is 331. The van der Waals surface area contributed by atoms with Crippen LogP contribution in [0.3, 0.4) is 0 Å². The van der Waals surface area contributed by atoms with Crippen LogP contribution in [-0.2, 0) is 4.79 Å². The predicted molar refractivity (Wildman–Crippen MR) is 54.6 cm³/mol. The van der Waals surface area contributed by atoms with Crippen LogP contribution in [0.25, 0.3) is 0 Å². The molecule has 0 radical (unpaired) electrons. The number of para-hydroxylation sites is 1. The zero-order valence-electron chi connectivity index (χ0n) is 7.16. The topological polar surface area (TPSA) is 26.3 Å². The minimum absolute atomic E-state index is 0.366. The van der Waals surface area contributed by atoms with Crippen LogP contribution in [0, 0.1) is 0 Å². The molecule has 68 valence electrons. The Kier molecular flexibility index (Phi) is 3.71. The number of hydrogen-bond donors (Lipinski definition) is 0. The molecule has 0 atom stereocenters. The van der Waals surface area contributed by atoms with Gasteiger partial charge in [-0.1, -0.05) is 18.2 Å². The Hall–Kier alpha value is -1.09. The van der Waals surface area contributed by atoms with E-state index < -0.39 is 0 Å². The molecule has 0 bridgehead atoms. The van der Waals surface area contributed by atoms with Crippen LogP contribution < -0.4 is 4.74 Å². The number of hydrogen-bond acceptors (Lipinski definition) is 2. The molecule has 0 fully saturated rings. The summed E-state index contributed by atoms with van der Waals surface area (Å²) in [7, 11) is 0. The minimum Gasteiger partial charge on any atom is -0.422 e. The van der Waals surface area contributed by atoms with E-state index in [4.69, 9.17) is 4.74 Å². The third-order valence-corrected chi connectivity index (χ3v) is 2.01. The van der Waals surface area contributed by atoms with E-state index >= 15 is 0 Å². The molecule has 0 aliphatic heterocycles. The van der Waals surface area contributed by atoms with Gasteiger partial charge in [-0.15, -0.1) is 0 Å². The first kappa shape index (κ1) is 9.99. The monoisotopic (exact) mass is 240 g/mol. The fraction of sp³-hybridized carbons (Fsp3) is 0.100. The van der Waals surface area contributed by atoms with E-state index in [-0.39, 0.29) is 5.97 Å². The molecule has 0 saturated heterocycles. The number of carbonyl (C=O) groups excluding carboxylic acids is 1. The second-order valence-corrected chi connectivity index (χ2v) is 3.21. The molecular weight excluding hydrogens is 232 g/mol. The lowest BCUT2D eigenvalue weighted by Crippen LogP contribution is -2.03. The Morgan fingerprint density at radius 2 is 2.15 bits per heavy atom. The third-order valence-electron chi connectivity index (χ3n) is 1.35. The lowest BCUT2D eigenvalue weighted by molar-refractivity contribution is -0.129. The second kappa shape index (κ2) is 4.82. The highest BCUT2D eigenvalue weighted by Crippen LogP contribution is 2.23. The van der Waals surface area contributed by atoms with Gasteiger partial charge in [0.2, 0.25) is 0 Å². The zero-order valence-corrected chi connectivity index (χ0v) is 8.74. The summed E-state index contributed by atoms with van der Waals surface area (Å²) >= 11 is 3.27. The van der Waals surface area contributed by atoms with Crippen molar-refractivity contribution < 1.29 is 9.53 Å². The third kappa shape index (κ3) is 3.03. The van der Waals surface area contributed by atoms with Gasteiger partial charge in [-0.3, -0.25) is 0 Å². The highest BCUT2D eigenvalue weighted by molar-refractivity contribution is 9.10. The largest absolute Gasteiger partial charge is 0.422 e. The van der Waals surface area contributed by atoms with Crippen molar-refractivity contribution in [3.05, 3.63) is 40.9 Å². The van der Waals surface area contributed by atoms with Gasteiger partial charge in [0, 0.05) is 6.08 Å². The standard InChI is InChI=1S/C10H9BrO2/c1-2-5-10(12)13-9-7-4-3-6-8(9)11/h2-7H,1H3/b5-2-. The summed E-state index contributed by atoms with van der Waals surface area (Å²) in [6.07, 6.45) is 3.01. The van der Waals surface area contributed by atoms with Crippen molar-refractivity contribution in [2.75, 3.05) is 0 Å². The summed E-state index contributed by atoms with van der Waals surface area (Å²) < 4.78 is 5.78. The van der Waals surface area contributed by atoms with Gasteiger partial charge in [0.1, 0.15) is 5.75 Å². The molecule has 0 aliphatic carbocycles. The summed E-state index contributed by atoms with van der Waals surface area (Å²) in [6.45, 7) is 1.77. The van der Waals surface area contributed by atoms with Crippen LogP contribution in [0.1, 0.15) is 6.92 Å². The van der Waals surface area contributed by atoms with Crippen LogP contribution >= 0.6 is 15.9 Å². The van der Waals surface area contributed by atoms with E-state index in [0.29, 0.717) is 5.75 Å². The first-order chi connectivity index (χ1) is 6.24. The van der Waals surface area contributed by atoms with Crippen molar-refractivity contribution in [2.24, 2.45) is 0 Å². The molecule has 1 aromatic rings. The number of esters is 1. The average Bonchev–Trinajstić information content (AvgIpc) is 2.09. The normalized spacial score (nSPS) is 10.3. The maximum atomic E-state index is 11.0. The number of rotatable bonds is 2. The van der Waals surface area contributed by atoms with E-state index in [1.165, 1.54) is 6.08 Å². The summed E-state index contributed by atoms with van der Waals surface area (Å²) in [5, 5.41) is 0. The Balaban J connectivity index is 2.74. The predicted octanol–water partition coefficient (Wildman–Crippen LogP) is 2.93. The average molecular weight is 241 g/mol. The van der Waals surface area contributed by atoms with Crippen molar-refractivity contribution in [3.8, 4) is 5.75 Å². The molecule has 1 aromatic carbocycles.